The van der Waals surface area contributed by atoms with Crippen molar-refractivity contribution in [3.05, 3.63) is 44.8 Å². The van der Waals surface area contributed by atoms with E-state index in [4.69, 9.17) is 4.74 Å². The average Bonchev–Trinajstić information content (AvgIpc) is 3.27. The quantitative estimate of drug-likeness (QED) is 0.887. The van der Waals surface area contributed by atoms with Gasteiger partial charge in [0, 0.05) is 17.0 Å². The van der Waals surface area contributed by atoms with Crippen molar-refractivity contribution in [2.45, 2.75) is 12.0 Å². The minimum Gasteiger partial charge on any atom is -0.381 e. The zero-order valence-electron chi connectivity index (χ0n) is 11.5. The molecule has 0 saturated carbocycles. The maximum atomic E-state index is 12.1. The highest BCUT2D eigenvalue weighted by molar-refractivity contribution is 7.10. The fourth-order valence-electron chi connectivity index (χ4n) is 2.45. The Labute approximate surface area is 131 Å². The molecule has 1 aliphatic rings. The number of aliphatic hydroxyl groups is 1. The fraction of sp³-hybridized carbons (Fsp3) is 0.400. The van der Waals surface area contributed by atoms with Crippen molar-refractivity contribution < 1.29 is 14.6 Å². The summed E-state index contributed by atoms with van der Waals surface area (Å²) < 4.78 is 5.24. The van der Waals surface area contributed by atoms with E-state index in [0.29, 0.717) is 13.2 Å². The molecule has 2 aromatic heterocycles. The Bertz CT molecular complexity index is 540. The number of carbonyl (C=O) groups is 1. The van der Waals surface area contributed by atoms with Crippen LogP contribution in [0.1, 0.15) is 16.9 Å². The highest BCUT2D eigenvalue weighted by Gasteiger charge is 2.34. The van der Waals surface area contributed by atoms with Gasteiger partial charge in [0.15, 0.2) is 0 Å². The largest absolute Gasteiger partial charge is 0.381 e. The SMILES string of the molecule is O=C(NC[C@@](O)(c1ccsc1)c1cccs1)[C@H]1CCOC1. The van der Waals surface area contributed by atoms with E-state index in [-0.39, 0.29) is 18.4 Å². The predicted octanol–water partition coefficient (Wildman–Crippen LogP) is 2.20. The maximum absolute atomic E-state index is 12.1. The lowest BCUT2D eigenvalue weighted by molar-refractivity contribution is -0.125. The number of carbonyl (C=O) groups excluding carboxylic acids is 1. The summed E-state index contributed by atoms with van der Waals surface area (Å²) >= 11 is 3.03. The highest BCUT2D eigenvalue weighted by Crippen LogP contribution is 2.33. The third-order valence-electron chi connectivity index (χ3n) is 3.75. The molecule has 0 spiro atoms. The zero-order chi connectivity index (χ0) is 14.7. The van der Waals surface area contributed by atoms with Gasteiger partial charge in [-0.15, -0.1) is 11.3 Å². The molecule has 21 heavy (non-hydrogen) atoms. The Kier molecular flexibility index (Phi) is 4.40. The summed E-state index contributed by atoms with van der Waals surface area (Å²) in [6.45, 7) is 1.29. The molecule has 0 bridgehead atoms. The van der Waals surface area contributed by atoms with Gasteiger partial charge in [-0.1, -0.05) is 6.07 Å². The molecule has 6 heteroatoms. The van der Waals surface area contributed by atoms with Gasteiger partial charge in [0.05, 0.1) is 19.1 Å². The van der Waals surface area contributed by atoms with Crippen LogP contribution in [0.25, 0.3) is 0 Å². The van der Waals surface area contributed by atoms with Crippen molar-refractivity contribution >= 4 is 28.6 Å². The molecule has 2 N–H and O–H groups in total. The number of thiophene rings is 2. The van der Waals surface area contributed by atoms with Gasteiger partial charge in [0.2, 0.25) is 5.91 Å². The summed E-state index contributed by atoms with van der Waals surface area (Å²) in [5.41, 5.74) is -0.346. The second-order valence-corrected chi connectivity index (χ2v) is 6.86. The normalized spacial score (nSPS) is 21.1. The van der Waals surface area contributed by atoms with Crippen LogP contribution in [0, 0.1) is 5.92 Å². The van der Waals surface area contributed by atoms with Gasteiger partial charge in [-0.25, -0.2) is 0 Å². The molecule has 1 saturated heterocycles. The minimum atomic E-state index is -1.16. The van der Waals surface area contributed by atoms with Crippen molar-refractivity contribution in [1.29, 1.82) is 0 Å². The van der Waals surface area contributed by atoms with Crippen LogP contribution in [-0.4, -0.2) is 30.8 Å². The lowest BCUT2D eigenvalue weighted by Crippen LogP contribution is -2.43. The predicted molar refractivity (Wildman–Crippen MR) is 83.6 cm³/mol. The Morgan fingerprint density at radius 1 is 1.48 bits per heavy atom. The summed E-state index contributed by atoms with van der Waals surface area (Å²) in [5, 5.41) is 19.8. The van der Waals surface area contributed by atoms with Crippen LogP contribution in [0.15, 0.2) is 34.3 Å². The van der Waals surface area contributed by atoms with Crippen molar-refractivity contribution in [3.8, 4) is 0 Å². The maximum Gasteiger partial charge on any atom is 0.225 e. The van der Waals surface area contributed by atoms with Gasteiger partial charge >= 0.3 is 0 Å². The van der Waals surface area contributed by atoms with Crippen LogP contribution >= 0.6 is 22.7 Å². The Morgan fingerprint density at radius 3 is 3.00 bits per heavy atom. The second-order valence-electron chi connectivity index (χ2n) is 5.13. The summed E-state index contributed by atoms with van der Waals surface area (Å²) in [5.74, 6) is -0.141. The topological polar surface area (TPSA) is 58.6 Å². The van der Waals surface area contributed by atoms with E-state index in [1.165, 1.54) is 22.7 Å². The molecule has 112 valence electrons. The van der Waals surface area contributed by atoms with Gasteiger partial charge in [-0.05, 0) is 34.7 Å². The molecule has 2 atom stereocenters. The lowest BCUT2D eigenvalue weighted by atomic mass is 9.94. The number of nitrogens with one attached hydrogen (secondary N) is 1. The Hall–Kier alpha value is -1.21. The van der Waals surface area contributed by atoms with Crippen LogP contribution < -0.4 is 5.32 Å². The van der Waals surface area contributed by atoms with Crippen molar-refractivity contribution in [3.63, 3.8) is 0 Å². The third-order valence-corrected chi connectivity index (χ3v) is 5.45. The summed E-state index contributed by atoms with van der Waals surface area (Å²) in [6.07, 6.45) is 0.752. The van der Waals surface area contributed by atoms with E-state index in [9.17, 15) is 9.90 Å². The Balaban J connectivity index is 1.76. The number of rotatable bonds is 5. The number of hydrogen-bond donors (Lipinski definition) is 2. The first-order chi connectivity index (χ1) is 10.2. The molecule has 0 radical (unpaired) electrons. The summed E-state index contributed by atoms with van der Waals surface area (Å²) in [4.78, 5) is 13.0. The zero-order valence-corrected chi connectivity index (χ0v) is 13.1. The van der Waals surface area contributed by atoms with E-state index in [0.717, 1.165) is 16.9 Å². The Morgan fingerprint density at radius 2 is 2.38 bits per heavy atom. The standard InChI is InChI=1S/C15H17NO3S2/c17-14(11-3-5-19-8-11)16-10-15(18,12-4-7-20-9-12)13-2-1-6-21-13/h1-2,4,6-7,9,11,18H,3,5,8,10H2,(H,16,17)/t11-,15+/m0/s1. The first kappa shape index (κ1) is 14.7. The van der Waals surface area contributed by atoms with Gasteiger partial charge in [0.25, 0.3) is 0 Å². The van der Waals surface area contributed by atoms with Gasteiger partial charge in [-0.2, -0.15) is 11.3 Å². The van der Waals surface area contributed by atoms with Crippen LogP contribution in [0.5, 0.6) is 0 Å². The number of hydrogen-bond acceptors (Lipinski definition) is 5. The van der Waals surface area contributed by atoms with Crippen LogP contribution in [-0.2, 0) is 15.1 Å². The molecule has 0 aliphatic carbocycles. The molecule has 0 unspecified atom stereocenters. The van der Waals surface area contributed by atoms with Crippen LogP contribution in [0.2, 0.25) is 0 Å². The molecule has 3 rings (SSSR count). The van der Waals surface area contributed by atoms with Gasteiger partial charge in [0.1, 0.15) is 5.60 Å². The van der Waals surface area contributed by atoms with Crippen LogP contribution in [0.4, 0.5) is 0 Å². The third kappa shape index (κ3) is 3.03. The van der Waals surface area contributed by atoms with E-state index >= 15 is 0 Å². The summed E-state index contributed by atoms with van der Waals surface area (Å²) in [7, 11) is 0. The van der Waals surface area contributed by atoms with Gasteiger partial charge in [-0.3, -0.25) is 4.79 Å². The van der Waals surface area contributed by atoms with E-state index in [1.54, 1.807) is 0 Å². The molecular weight excluding hydrogens is 306 g/mol. The highest BCUT2D eigenvalue weighted by atomic mass is 32.1. The number of amides is 1. The van der Waals surface area contributed by atoms with E-state index < -0.39 is 5.60 Å². The molecule has 4 nitrogen and oxygen atoms in total. The monoisotopic (exact) mass is 323 g/mol. The second kappa shape index (κ2) is 6.27. The minimum absolute atomic E-state index is 0.0438. The van der Waals surface area contributed by atoms with Gasteiger partial charge < -0.3 is 15.2 Å². The fourth-order valence-corrected chi connectivity index (χ4v) is 4.02. The molecule has 0 aromatic carbocycles. The first-order valence-corrected chi connectivity index (χ1v) is 8.67. The van der Waals surface area contributed by atoms with E-state index in [2.05, 4.69) is 5.32 Å². The first-order valence-electron chi connectivity index (χ1n) is 6.84. The molecule has 1 fully saturated rings. The molecule has 3 heterocycles. The van der Waals surface area contributed by atoms with E-state index in [1.807, 2.05) is 34.3 Å². The number of ether oxygens (including phenoxy) is 1. The van der Waals surface area contributed by atoms with Crippen molar-refractivity contribution in [1.82, 2.24) is 5.32 Å². The average molecular weight is 323 g/mol. The lowest BCUT2D eigenvalue weighted by Gasteiger charge is -2.27. The van der Waals surface area contributed by atoms with Crippen LogP contribution in [0.3, 0.4) is 0 Å². The van der Waals surface area contributed by atoms with Crippen molar-refractivity contribution in [2.75, 3.05) is 19.8 Å². The smallest absolute Gasteiger partial charge is 0.225 e. The molecular formula is C15H17NO3S2. The molecule has 2 aromatic rings. The van der Waals surface area contributed by atoms with Crippen molar-refractivity contribution in [2.24, 2.45) is 5.92 Å². The summed E-state index contributed by atoms with van der Waals surface area (Å²) in [6, 6.07) is 5.70. The molecule has 1 aliphatic heterocycles. The molecule has 1 amide bonds.